The van der Waals surface area contributed by atoms with Crippen molar-refractivity contribution in [2.24, 2.45) is 0 Å². The minimum absolute atomic E-state index is 0.0525. The van der Waals surface area contributed by atoms with Crippen LogP contribution in [0.1, 0.15) is 22.8 Å². The highest BCUT2D eigenvalue weighted by Crippen LogP contribution is 2.12. The maximum absolute atomic E-state index is 11.2. The van der Waals surface area contributed by atoms with E-state index in [1.807, 2.05) is 36.4 Å². The number of thiocarbonyl (C=S) groups is 1. The van der Waals surface area contributed by atoms with E-state index in [0.29, 0.717) is 10.7 Å². The lowest BCUT2D eigenvalue weighted by Crippen LogP contribution is -2.30. The third-order valence-electron chi connectivity index (χ3n) is 3.41. The minimum atomic E-state index is 0.0525. The van der Waals surface area contributed by atoms with E-state index in [1.54, 1.807) is 26.2 Å². The van der Waals surface area contributed by atoms with Gasteiger partial charge in [0.15, 0.2) is 10.9 Å². The summed E-state index contributed by atoms with van der Waals surface area (Å²) in [7, 11) is 1.66. The Kier molecular flexibility index (Phi) is 6.11. The normalized spacial score (nSPS) is 10.0. The summed E-state index contributed by atoms with van der Waals surface area (Å²) in [4.78, 5) is 11.2. The highest BCUT2D eigenvalue weighted by Gasteiger charge is 2.01. The molecular weight excluding hydrogens is 308 g/mol. The molecule has 23 heavy (non-hydrogen) atoms. The molecule has 0 atom stereocenters. The van der Waals surface area contributed by atoms with Crippen molar-refractivity contribution in [2.75, 3.05) is 19.0 Å². The van der Waals surface area contributed by atoms with Crippen LogP contribution in [0.3, 0.4) is 0 Å². The van der Waals surface area contributed by atoms with Gasteiger partial charge in [-0.2, -0.15) is 0 Å². The standard InChI is InChI=1S/C18H20N2O2S/c1-13(21)15-5-7-16(8-6-15)20-18(23)19-12-11-14-3-9-17(22-2)10-4-14/h3-10H,11-12H2,1-2H3,(H2,19,20,23). The van der Waals surface area contributed by atoms with Crippen LogP contribution in [0.2, 0.25) is 0 Å². The van der Waals surface area contributed by atoms with Gasteiger partial charge >= 0.3 is 0 Å². The van der Waals surface area contributed by atoms with Crippen LogP contribution in [0, 0.1) is 0 Å². The summed E-state index contributed by atoms with van der Waals surface area (Å²) in [6.45, 7) is 2.29. The highest BCUT2D eigenvalue weighted by atomic mass is 32.1. The first kappa shape index (κ1) is 17.0. The van der Waals surface area contributed by atoms with E-state index in [2.05, 4.69) is 10.6 Å². The van der Waals surface area contributed by atoms with Crippen LogP contribution in [0.15, 0.2) is 48.5 Å². The topological polar surface area (TPSA) is 50.4 Å². The van der Waals surface area contributed by atoms with Crippen LogP contribution in [-0.4, -0.2) is 24.6 Å². The molecule has 0 spiro atoms. The third kappa shape index (κ3) is 5.38. The monoisotopic (exact) mass is 328 g/mol. The number of hydrogen-bond donors (Lipinski definition) is 2. The molecule has 2 N–H and O–H groups in total. The molecule has 2 rings (SSSR count). The average molecular weight is 328 g/mol. The molecule has 0 amide bonds. The molecule has 0 aromatic heterocycles. The molecule has 0 radical (unpaired) electrons. The number of hydrogen-bond acceptors (Lipinski definition) is 3. The summed E-state index contributed by atoms with van der Waals surface area (Å²) in [6, 6.07) is 15.2. The molecule has 0 heterocycles. The maximum Gasteiger partial charge on any atom is 0.170 e. The molecule has 5 heteroatoms. The Morgan fingerprint density at radius 3 is 2.30 bits per heavy atom. The number of ether oxygens (including phenoxy) is 1. The second-order valence-corrected chi connectivity index (χ2v) is 5.52. The largest absolute Gasteiger partial charge is 0.497 e. The van der Waals surface area contributed by atoms with E-state index in [1.165, 1.54) is 5.56 Å². The van der Waals surface area contributed by atoms with Crippen LogP contribution < -0.4 is 15.4 Å². The third-order valence-corrected chi connectivity index (χ3v) is 3.65. The quantitative estimate of drug-likeness (QED) is 0.628. The number of carbonyl (C=O) groups excluding carboxylic acids is 1. The summed E-state index contributed by atoms with van der Waals surface area (Å²) in [5.74, 6) is 0.907. The predicted octanol–water partition coefficient (Wildman–Crippen LogP) is 3.43. The molecule has 0 aliphatic carbocycles. The van der Waals surface area contributed by atoms with Gasteiger partial charge < -0.3 is 15.4 Å². The predicted molar refractivity (Wildman–Crippen MR) is 97.4 cm³/mol. The molecule has 2 aromatic rings. The van der Waals surface area contributed by atoms with Crippen molar-refractivity contribution in [3.63, 3.8) is 0 Å². The molecule has 4 nitrogen and oxygen atoms in total. The van der Waals surface area contributed by atoms with Gasteiger partial charge in [0.2, 0.25) is 0 Å². The molecule has 0 fully saturated rings. The van der Waals surface area contributed by atoms with Gasteiger partial charge in [-0.05, 0) is 67.5 Å². The maximum atomic E-state index is 11.2. The van der Waals surface area contributed by atoms with Crippen molar-refractivity contribution >= 4 is 28.8 Å². The number of benzene rings is 2. The highest BCUT2D eigenvalue weighted by molar-refractivity contribution is 7.80. The van der Waals surface area contributed by atoms with Crippen molar-refractivity contribution in [3.8, 4) is 5.75 Å². The Labute approximate surface area is 141 Å². The molecular formula is C18H20N2O2S. The lowest BCUT2D eigenvalue weighted by molar-refractivity contribution is 0.101. The fourth-order valence-electron chi connectivity index (χ4n) is 2.08. The number of anilines is 1. The number of rotatable bonds is 6. The Balaban J connectivity index is 1.77. The number of carbonyl (C=O) groups is 1. The fraction of sp³-hybridized carbons (Fsp3) is 0.222. The van der Waals surface area contributed by atoms with Gasteiger partial charge in [0.05, 0.1) is 7.11 Å². The summed E-state index contributed by atoms with van der Waals surface area (Å²) < 4.78 is 5.13. The number of methoxy groups -OCH3 is 1. The zero-order valence-electron chi connectivity index (χ0n) is 13.3. The van der Waals surface area contributed by atoms with Crippen molar-refractivity contribution in [1.82, 2.24) is 5.32 Å². The van der Waals surface area contributed by atoms with E-state index in [9.17, 15) is 4.79 Å². The van der Waals surface area contributed by atoms with Gasteiger partial charge in [0.1, 0.15) is 5.75 Å². The number of nitrogens with one attached hydrogen (secondary N) is 2. The Morgan fingerprint density at radius 1 is 1.09 bits per heavy atom. The molecule has 120 valence electrons. The van der Waals surface area contributed by atoms with Crippen molar-refractivity contribution in [1.29, 1.82) is 0 Å². The molecule has 0 saturated carbocycles. The van der Waals surface area contributed by atoms with Crippen molar-refractivity contribution in [2.45, 2.75) is 13.3 Å². The summed E-state index contributed by atoms with van der Waals surface area (Å²) in [5.41, 5.74) is 2.76. The van der Waals surface area contributed by atoms with Gasteiger partial charge in [0.25, 0.3) is 0 Å². The number of Topliss-reactive ketones (excluding diaryl/α,β-unsaturated/α-hetero) is 1. The van der Waals surface area contributed by atoms with E-state index in [4.69, 9.17) is 17.0 Å². The second kappa shape index (κ2) is 8.29. The second-order valence-electron chi connectivity index (χ2n) is 5.11. The summed E-state index contributed by atoms with van der Waals surface area (Å²) in [6.07, 6.45) is 0.870. The van der Waals surface area contributed by atoms with Crippen LogP contribution in [0.4, 0.5) is 5.69 Å². The molecule has 0 saturated heterocycles. The summed E-state index contributed by atoms with van der Waals surface area (Å²) in [5, 5.41) is 6.83. The fourth-order valence-corrected chi connectivity index (χ4v) is 2.30. The van der Waals surface area contributed by atoms with Crippen LogP contribution in [0.25, 0.3) is 0 Å². The SMILES string of the molecule is COc1ccc(CCNC(=S)Nc2ccc(C(C)=O)cc2)cc1. The zero-order chi connectivity index (χ0) is 16.7. The van der Waals surface area contributed by atoms with Gasteiger partial charge in [-0.1, -0.05) is 12.1 Å². The lowest BCUT2D eigenvalue weighted by Gasteiger charge is -2.11. The van der Waals surface area contributed by atoms with Gasteiger partial charge in [0, 0.05) is 17.8 Å². The lowest BCUT2D eigenvalue weighted by atomic mass is 10.1. The first-order valence-corrected chi connectivity index (χ1v) is 7.78. The van der Waals surface area contributed by atoms with E-state index in [-0.39, 0.29) is 5.78 Å². The molecule has 0 bridgehead atoms. The van der Waals surface area contributed by atoms with Crippen molar-refractivity contribution < 1.29 is 9.53 Å². The molecule has 0 aliphatic heterocycles. The molecule has 0 unspecified atom stereocenters. The van der Waals surface area contributed by atoms with Crippen LogP contribution in [-0.2, 0) is 6.42 Å². The van der Waals surface area contributed by atoms with Crippen LogP contribution >= 0.6 is 12.2 Å². The van der Waals surface area contributed by atoms with E-state index in [0.717, 1.165) is 24.4 Å². The minimum Gasteiger partial charge on any atom is -0.497 e. The van der Waals surface area contributed by atoms with Gasteiger partial charge in [-0.15, -0.1) is 0 Å². The van der Waals surface area contributed by atoms with Crippen molar-refractivity contribution in [3.05, 3.63) is 59.7 Å². The first-order valence-electron chi connectivity index (χ1n) is 7.37. The Bertz CT molecular complexity index is 666. The molecule has 0 aliphatic rings. The first-order chi connectivity index (χ1) is 11.1. The van der Waals surface area contributed by atoms with Gasteiger partial charge in [-0.3, -0.25) is 4.79 Å². The Morgan fingerprint density at radius 2 is 1.74 bits per heavy atom. The molecule has 2 aromatic carbocycles. The smallest absolute Gasteiger partial charge is 0.170 e. The zero-order valence-corrected chi connectivity index (χ0v) is 14.1. The average Bonchev–Trinajstić information content (AvgIpc) is 2.56. The summed E-state index contributed by atoms with van der Waals surface area (Å²) >= 11 is 5.27. The Hall–Kier alpha value is -2.40. The van der Waals surface area contributed by atoms with E-state index >= 15 is 0 Å². The van der Waals surface area contributed by atoms with Gasteiger partial charge in [-0.25, -0.2) is 0 Å². The number of ketones is 1. The van der Waals surface area contributed by atoms with E-state index < -0.39 is 0 Å². The van der Waals surface area contributed by atoms with Crippen LogP contribution in [0.5, 0.6) is 5.75 Å².